The van der Waals surface area contributed by atoms with Crippen molar-refractivity contribution in [1.29, 1.82) is 0 Å². The topological polar surface area (TPSA) is 64.1 Å². The molecule has 0 fully saturated rings. The van der Waals surface area contributed by atoms with Crippen LogP contribution in [0.15, 0.2) is 47.5 Å². The quantitative estimate of drug-likeness (QED) is 0.298. The summed E-state index contributed by atoms with van der Waals surface area (Å²) in [7, 11) is 3.37. The van der Waals surface area contributed by atoms with Crippen molar-refractivity contribution in [1.82, 2.24) is 5.32 Å². The molecule has 0 unspecified atom stereocenters. The number of halogens is 1. The molecule has 0 atom stereocenters. The molecular formula is C21H30IN3O3. The third-order valence-corrected chi connectivity index (χ3v) is 3.78. The van der Waals surface area contributed by atoms with Gasteiger partial charge in [-0.1, -0.05) is 19.1 Å². The zero-order chi connectivity index (χ0) is 19.5. The van der Waals surface area contributed by atoms with Crippen LogP contribution < -0.4 is 24.8 Å². The molecule has 0 saturated carbocycles. The van der Waals surface area contributed by atoms with Crippen molar-refractivity contribution in [2.24, 2.45) is 4.99 Å². The maximum atomic E-state index is 5.68. The van der Waals surface area contributed by atoms with Crippen molar-refractivity contribution in [3.05, 3.63) is 48.0 Å². The van der Waals surface area contributed by atoms with Crippen LogP contribution in [0, 0.1) is 0 Å². The van der Waals surface area contributed by atoms with E-state index in [9.17, 15) is 0 Å². The Labute approximate surface area is 184 Å². The van der Waals surface area contributed by atoms with Gasteiger partial charge < -0.3 is 24.8 Å². The Hall–Kier alpha value is -2.16. The van der Waals surface area contributed by atoms with E-state index in [1.165, 1.54) is 0 Å². The molecule has 0 amide bonds. The number of ether oxygens (including phenoxy) is 3. The Morgan fingerprint density at radius 3 is 2.54 bits per heavy atom. The smallest absolute Gasteiger partial charge is 0.195 e. The molecule has 28 heavy (non-hydrogen) atoms. The summed E-state index contributed by atoms with van der Waals surface area (Å²) in [6.07, 6.45) is 0.991. The summed E-state index contributed by atoms with van der Waals surface area (Å²) in [6, 6.07) is 13.8. The van der Waals surface area contributed by atoms with Crippen molar-refractivity contribution >= 4 is 35.6 Å². The van der Waals surface area contributed by atoms with Crippen LogP contribution in [0.2, 0.25) is 0 Å². The number of anilines is 1. The van der Waals surface area contributed by atoms with E-state index >= 15 is 0 Å². The van der Waals surface area contributed by atoms with Gasteiger partial charge in [0.05, 0.1) is 20.3 Å². The summed E-state index contributed by atoms with van der Waals surface area (Å²) in [5.41, 5.74) is 1.99. The fraction of sp³-hybridized carbons (Fsp3) is 0.381. The molecule has 0 aliphatic carbocycles. The standard InChI is InChI=1S/C21H29N3O3.HI/c1-5-12-27-18-9-7-8-16(13-18)15-23-21(22-3)24-17-10-11-19(26-6-2)20(14-17)25-4;/h7-11,13-14H,5-6,12,15H2,1-4H3,(H2,22,23,24);1H. The molecule has 6 nitrogen and oxygen atoms in total. The predicted molar refractivity (Wildman–Crippen MR) is 126 cm³/mol. The first-order valence-electron chi connectivity index (χ1n) is 9.20. The molecule has 2 aromatic rings. The molecule has 0 spiro atoms. The highest BCUT2D eigenvalue weighted by Gasteiger charge is 2.07. The van der Waals surface area contributed by atoms with Crippen LogP contribution >= 0.6 is 24.0 Å². The van der Waals surface area contributed by atoms with E-state index in [1.54, 1.807) is 14.2 Å². The minimum absolute atomic E-state index is 0. The maximum Gasteiger partial charge on any atom is 0.195 e. The number of benzene rings is 2. The fourth-order valence-electron chi connectivity index (χ4n) is 2.49. The molecule has 2 rings (SSSR count). The Morgan fingerprint density at radius 1 is 1.04 bits per heavy atom. The van der Waals surface area contributed by atoms with E-state index < -0.39 is 0 Å². The predicted octanol–water partition coefficient (Wildman–Crippen LogP) is 4.69. The summed E-state index contributed by atoms with van der Waals surface area (Å²) in [5.74, 6) is 2.95. The normalized spacial score (nSPS) is 10.6. The van der Waals surface area contributed by atoms with Gasteiger partial charge in [-0.2, -0.15) is 0 Å². The lowest BCUT2D eigenvalue weighted by Gasteiger charge is -2.15. The second-order valence-corrected chi connectivity index (χ2v) is 5.85. The molecule has 0 radical (unpaired) electrons. The largest absolute Gasteiger partial charge is 0.494 e. The highest BCUT2D eigenvalue weighted by atomic mass is 127. The van der Waals surface area contributed by atoms with Gasteiger partial charge in [0.25, 0.3) is 0 Å². The minimum Gasteiger partial charge on any atom is -0.494 e. The molecule has 2 aromatic carbocycles. The van der Waals surface area contributed by atoms with Crippen molar-refractivity contribution in [3.8, 4) is 17.2 Å². The zero-order valence-electron chi connectivity index (χ0n) is 17.0. The third kappa shape index (κ3) is 7.46. The SMILES string of the molecule is CCCOc1cccc(CNC(=NC)Nc2ccc(OCC)c(OC)c2)c1.I. The molecule has 2 N–H and O–H groups in total. The van der Waals surface area contributed by atoms with Crippen LogP contribution in [0.5, 0.6) is 17.2 Å². The molecule has 0 heterocycles. The Morgan fingerprint density at radius 2 is 1.86 bits per heavy atom. The van der Waals surface area contributed by atoms with Gasteiger partial charge in [0.1, 0.15) is 5.75 Å². The lowest BCUT2D eigenvalue weighted by atomic mass is 10.2. The van der Waals surface area contributed by atoms with Crippen LogP contribution in [0.1, 0.15) is 25.8 Å². The van der Waals surface area contributed by atoms with Gasteiger partial charge in [-0.05, 0) is 43.2 Å². The van der Waals surface area contributed by atoms with E-state index in [0.29, 0.717) is 24.9 Å². The molecule has 0 aromatic heterocycles. The number of nitrogens with one attached hydrogen (secondary N) is 2. The molecule has 0 aliphatic rings. The van der Waals surface area contributed by atoms with Gasteiger partial charge in [-0.25, -0.2) is 0 Å². The summed E-state index contributed by atoms with van der Waals surface area (Å²) in [5, 5.41) is 6.57. The van der Waals surface area contributed by atoms with E-state index in [2.05, 4.69) is 28.6 Å². The van der Waals surface area contributed by atoms with Gasteiger partial charge >= 0.3 is 0 Å². The lowest BCUT2D eigenvalue weighted by molar-refractivity contribution is 0.311. The van der Waals surface area contributed by atoms with E-state index in [4.69, 9.17) is 14.2 Å². The number of hydrogen-bond acceptors (Lipinski definition) is 4. The van der Waals surface area contributed by atoms with Gasteiger partial charge in [-0.15, -0.1) is 24.0 Å². The molecule has 0 bridgehead atoms. The first-order chi connectivity index (χ1) is 13.2. The molecule has 0 aliphatic heterocycles. The van der Waals surface area contributed by atoms with E-state index in [1.807, 2.05) is 43.3 Å². The van der Waals surface area contributed by atoms with Crippen molar-refractivity contribution in [2.45, 2.75) is 26.8 Å². The summed E-state index contributed by atoms with van der Waals surface area (Å²) in [6.45, 7) is 5.99. The molecule has 7 heteroatoms. The number of guanidine groups is 1. The first kappa shape index (κ1) is 23.9. The van der Waals surface area contributed by atoms with Crippen LogP contribution in [-0.4, -0.2) is 33.3 Å². The highest BCUT2D eigenvalue weighted by molar-refractivity contribution is 14.0. The van der Waals surface area contributed by atoms with Crippen molar-refractivity contribution in [2.75, 3.05) is 32.7 Å². The van der Waals surface area contributed by atoms with Crippen LogP contribution in [0.4, 0.5) is 5.69 Å². The van der Waals surface area contributed by atoms with Gasteiger partial charge in [0, 0.05) is 25.3 Å². The summed E-state index contributed by atoms with van der Waals surface area (Å²) in [4.78, 5) is 4.28. The van der Waals surface area contributed by atoms with E-state index in [0.717, 1.165) is 35.8 Å². The fourth-order valence-corrected chi connectivity index (χ4v) is 2.49. The number of aliphatic imine (C=N–C) groups is 1. The maximum absolute atomic E-state index is 5.68. The lowest BCUT2D eigenvalue weighted by Crippen LogP contribution is -2.30. The number of methoxy groups -OCH3 is 1. The second kappa shape index (κ2) is 13.1. The number of rotatable bonds is 9. The zero-order valence-corrected chi connectivity index (χ0v) is 19.3. The molecular weight excluding hydrogens is 469 g/mol. The molecule has 0 saturated heterocycles. The minimum atomic E-state index is 0. The Balaban J connectivity index is 0.00000392. The van der Waals surface area contributed by atoms with Gasteiger partial charge in [-0.3, -0.25) is 4.99 Å². The molecule has 154 valence electrons. The van der Waals surface area contributed by atoms with Gasteiger partial charge in [0.2, 0.25) is 0 Å². The van der Waals surface area contributed by atoms with Crippen LogP contribution in [0.3, 0.4) is 0 Å². The van der Waals surface area contributed by atoms with Crippen LogP contribution in [0.25, 0.3) is 0 Å². The second-order valence-electron chi connectivity index (χ2n) is 5.85. The third-order valence-electron chi connectivity index (χ3n) is 3.78. The monoisotopic (exact) mass is 499 g/mol. The summed E-state index contributed by atoms with van der Waals surface area (Å²) < 4.78 is 16.6. The number of nitrogens with zero attached hydrogens (tertiary/aromatic N) is 1. The Kier molecular flexibility index (Phi) is 11.2. The highest BCUT2D eigenvalue weighted by Crippen LogP contribution is 2.30. The van der Waals surface area contributed by atoms with Crippen molar-refractivity contribution in [3.63, 3.8) is 0 Å². The van der Waals surface area contributed by atoms with Gasteiger partial charge in [0.15, 0.2) is 17.5 Å². The van der Waals surface area contributed by atoms with Crippen molar-refractivity contribution < 1.29 is 14.2 Å². The average molecular weight is 499 g/mol. The Bertz CT molecular complexity index is 753. The average Bonchev–Trinajstić information content (AvgIpc) is 2.71. The summed E-state index contributed by atoms with van der Waals surface area (Å²) >= 11 is 0. The van der Waals surface area contributed by atoms with Crippen LogP contribution in [-0.2, 0) is 6.54 Å². The number of hydrogen-bond donors (Lipinski definition) is 2. The van der Waals surface area contributed by atoms with E-state index in [-0.39, 0.29) is 24.0 Å². The first-order valence-corrected chi connectivity index (χ1v) is 9.20.